The fraction of sp³-hybridized carbons (Fsp3) is 0.682. The molecule has 0 spiro atoms. The van der Waals surface area contributed by atoms with Crippen molar-refractivity contribution in [1.82, 2.24) is 0 Å². The van der Waals surface area contributed by atoms with Crippen molar-refractivity contribution in [3.8, 4) is 0 Å². The molecule has 1 aromatic carbocycles. The summed E-state index contributed by atoms with van der Waals surface area (Å²) in [6.45, 7) is 10.1. The lowest BCUT2D eigenvalue weighted by atomic mass is 9.71. The number of carbonyl (C=O) groups excluding carboxylic acids is 1. The average molecular weight is 407 g/mol. The predicted octanol–water partition coefficient (Wildman–Crippen LogP) is 4.31. The van der Waals surface area contributed by atoms with Crippen LogP contribution in [0.1, 0.15) is 38.7 Å². The van der Waals surface area contributed by atoms with Gasteiger partial charge in [-0.25, -0.2) is 0 Å². The van der Waals surface area contributed by atoms with Crippen LogP contribution in [0, 0.1) is 5.41 Å². The van der Waals surface area contributed by atoms with E-state index in [1.54, 1.807) is 0 Å². The number of ether oxygens (including phenoxy) is 3. The van der Waals surface area contributed by atoms with Gasteiger partial charge in [0, 0.05) is 11.8 Å². The Bertz CT molecular complexity index is 650. The van der Waals surface area contributed by atoms with Gasteiger partial charge in [0.05, 0.1) is 44.6 Å². The van der Waals surface area contributed by atoms with Crippen LogP contribution in [0.5, 0.6) is 0 Å². The predicted molar refractivity (Wildman–Crippen MR) is 111 cm³/mol. The Labute approximate surface area is 169 Å². The molecule has 28 heavy (non-hydrogen) atoms. The van der Waals surface area contributed by atoms with E-state index in [0.29, 0.717) is 19.8 Å². The normalized spacial score (nSPS) is 31.8. The number of benzene rings is 1. The van der Waals surface area contributed by atoms with Gasteiger partial charge in [-0.3, -0.25) is 4.79 Å². The maximum atomic E-state index is 12.2. The topological polar surface area (TPSA) is 54.0 Å². The second kappa shape index (κ2) is 9.07. The molecule has 0 saturated carbocycles. The molecule has 0 aromatic heterocycles. The van der Waals surface area contributed by atoms with Gasteiger partial charge in [0.15, 0.2) is 8.32 Å². The summed E-state index contributed by atoms with van der Waals surface area (Å²) in [6.07, 6.45) is 1.99. The lowest BCUT2D eigenvalue weighted by Crippen LogP contribution is -2.60. The highest BCUT2D eigenvalue weighted by Crippen LogP contribution is 2.49. The Kier molecular flexibility index (Phi) is 6.97. The maximum Gasteiger partial charge on any atom is 0.308 e. The molecule has 0 amide bonds. The van der Waals surface area contributed by atoms with Crippen molar-refractivity contribution in [2.75, 3.05) is 13.2 Å². The summed E-state index contributed by atoms with van der Waals surface area (Å²) in [4.78, 5) is 12.2. The fourth-order valence-corrected chi connectivity index (χ4v) is 6.71. The molecule has 0 aliphatic carbocycles. The van der Waals surface area contributed by atoms with Crippen molar-refractivity contribution in [3.63, 3.8) is 0 Å². The van der Waals surface area contributed by atoms with Crippen molar-refractivity contribution >= 4 is 14.3 Å². The van der Waals surface area contributed by atoms with E-state index >= 15 is 0 Å². The minimum absolute atomic E-state index is 0.0656. The SMILES string of the molecule is CCOC(=O)C[C@@H]1O[C@H](COCc2ccccc2)C[C@H]2O[Si](C)(C)CC[C@@]12C. The molecule has 1 aromatic rings. The first-order chi connectivity index (χ1) is 13.3. The fourth-order valence-electron chi connectivity index (χ4n) is 4.32. The molecule has 2 fully saturated rings. The molecule has 5 nitrogen and oxygen atoms in total. The Hall–Kier alpha value is -1.21. The zero-order valence-corrected chi connectivity index (χ0v) is 18.6. The van der Waals surface area contributed by atoms with E-state index in [9.17, 15) is 4.79 Å². The molecule has 0 bridgehead atoms. The summed E-state index contributed by atoms with van der Waals surface area (Å²) in [6, 6.07) is 11.2. The summed E-state index contributed by atoms with van der Waals surface area (Å²) < 4.78 is 24.1. The van der Waals surface area contributed by atoms with Crippen LogP contribution in [0.3, 0.4) is 0 Å². The standard InChI is InChI=1S/C22H34O5Si/c1-5-25-21(23)14-19-22(2)11-12-28(3,4)27-20(22)13-18(26-19)16-24-15-17-9-7-6-8-10-17/h6-10,18-20H,5,11-16H2,1-4H3/t18-,19-,20+,22-/m0/s1. The molecule has 2 saturated heterocycles. The first-order valence-corrected chi connectivity index (χ1v) is 13.5. The van der Waals surface area contributed by atoms with Gasteiger partial charge in [0.2, 0.25) is 0 Å². The van der Waals surface area contributed by atoms with Crippen molar-refractivity contribution < 1.29 is 23.4 Å². The first-order valence-electron chi connectivity index (χ1n) is 10.4. The molecule has 2 heterocycles. The Balaban J connectivity index is 1.66. The van der Waals surface area contributed by atoms with Crippen molar-refractivity contribution in [2.24, 2.45) is 5.41 Å². The van der Waals surface area contributed by atoms with E-state index in [0.717, 1.165) is 24.4 Å². The van der Waals surface area contributed by atoms with Crippen LogP contribution in [0.25, 0.3) is 0 Å². The van der Waals surface area contributed by atoms with Crippen LogP contribution in [-0.2, 0) is 30.0 Å². The minimum atomic E-state index is -1.66. The maximum absolute atomic E-state index is 12.2. The van der Waals surface area contributed by atoms with E-state index < -0.39 is 8.32 Å². The lowest BCUT2D eigenvalue weighted by molar-refractivity contribution is -0.202. The summed E-state index contributed by atoms with van der Waals surface area (Å²) in [5.41, 5.74) is 0.999. The number of carbonyl (C=O) groups is 1. The Morgan fingerprint density at radius 2 is 2.04 bits per heavy atom. The molecule has 156 valence electrons. The van der Waals surface area contributed by atoms with Gasteiger partial charge >= 0.3 is 5.97 Å². The Morgan fingerprint density at radius 3 is 2.75 bits per heavy atom. The molecule has 0 unspecified atom stereocenters. The zero-order chi connectivity index (χ0) is 20.2. The molecule has 0 N–H and O–H groups in total. The number of hydrogen-bond donors (Lipinski definition) is 0. The molecular formula is C22H34O5Si. The molecule has 3 rings (SSSR count). The van der Waals surface area contributed by atoms with Crippen LogP contribution in [0.2, 0.25) is 19.1 Å². The highest BCUT2D eigenvalue weighted by molar-refractivity contribution is 6.71. The number of fused-ring (bicyclic) bond motifs is 1. The van der Waals surface area contributed by atoms with Crippen LogP contribution in [0.4, 0.5) is 0 Å². The molecule has 4 atom stereocenters. The van der Waals surface area contributed by atoms with E-state index in [1.807, 2.05) is 25.1 Å². The van der Waals surface area contributed by atoms with Gasteiger partial charge < -0.3 is 18.6 Å². The monoisotopic (exact) mass is 406 g/mol. The molecule has 2 aliphatic rings. The molecule has 6 heteroatoms. The zero-order valence-electron chi connectivity index (χ0n) is 17.6. The Morgan fingerprint density at radius 1 is 1.29 bits per heavy atom. The second-order valence-corrected chi connectivity index (χ2v) is 13.1. The van der Waals surface area contributed by atoms with Crippen LogP contribution < -0.4 is 0 Å². The van der Waals surface area contributed by atoms with E-state index in [1.165, 1.54) is 0 Å². The summed E-state index contributed by atoms with van der Waals surface area (Å²) in [7, 11) is -1.66. The number of esters is 1. The third-order valence-corrected chi connectivity index (χ3v) is 8.48. The number of hydrogen-bond acceptors (Lipinski definition) is 5. The summed E-state index contributed by atoms with van der Waals surface area (Å²) in [5.74, 6) is -0.194. The largest absolute Gasteiger partial charge is 0.466 e. The van der Waals surface area contributed by atoms with Crippen molar-refractivity contribution in [1.29, 1.82) is 0 Å². The number of rotatable bonds is 7. The minimum Gasteiger partial charge on any atom is -0.466 e. The van der Waals surface area contributed by atoms with Gasteiger partial charge in [-0.05, 0) is 38.0 Å². The third kappa shape index (κ3) is 5.23. The van der Waals surface area contributed by atoms with E-state index in [4.69, 9.17) is 18.6 Å². The van der Waals surface area contributed by atoms with Crippen molar-refractivity contribution in [2.45, 2.75) is 77.2 Å². The quantitative estimate of drug-likeness (QED) is 0.499. The lowest BCUT2D eigenvalue weighted by Gasteiger charge is -2.55. The summed E-state index contributed by atoms with van der Waals surface area (Å²) in [5, 5.41) is 0. The molecule has 0 radical (unpaired) electrons. The third-order valence-electron chi connectivity index (χ3n) is 6.10. The highest BCUT2D eigenvalue weighted by Gasteiger charge is 2.54. The first kappa shape index (κ1) is 21.5. The van der Waals surface area contributed by atoms with Crippen molar-refractivity contribution in [3.05, 3.63) is 35.9 Å². The van der Waals surface area contributed by atoms with Crippen LogP contribution >= 0.6 is 0 Å². The van der Waals surface area contributed by atoms with E-state index in [2.05, 4.69) is 32.2 Å². The van der Waals surface area contributed by atoms with Gasteiger partial charge in [0.25, 0.3) is 0 Å². The average Bonchev–Trinajstić information content (AvgIpc) is 2.64. The highest BCUT2D eigenvalue weighted by atomic mass is 28.4. The van der Waals surface area contributed by atoms with Crippen LogP contribution in [0.15, 0.2) is 30.3 Å². The van der Waals surface area contributed by atoms with Gasteiger partial charge in [-0.2, -0.15) is 0 Å². The second-order valence-electron chi connectivity index (χ2n) is 8.86. The van der Waals surface area contributed by atoms with Gasteiger partial charge in [-0.15, -0.1) is 0 Å². The molecular weight excluding hydrogens is 372 g/mol. The van der Waals surface area contributed by atoms with Gasteiger partial charge in [-0.1, -0.05) is 37.3 Å². The smallest absolute Gasteiger partial charge is 0.308 e. The molecule has 2 aliphatic heterocycles. The summed E-state index contributed by atoms with van der Waals surface area (Å²) >= 11 is 0. The van der Waals surface area contributed by atoms with Crippen LogP contribution in [-0.4, -0.2) is 45.8 Å². The van der Waals surface area contributed by atoms with E-state index in [-0.39, 0.29) is 36.1 Å². The van der Waals surface area contributed by atoms with Gasteiger partial charge in [0.1, 0.15) is 0 Å².